The predicted molar refractivity (Wildman–Crippen MR) is 60.7 cm³/mol. The first-order valence-electron chi connectivity index (χ1n) is 3.91. The Morgan fingerprint density at radius 2 is 2.00 bits per heavy atom. The molecule has 1 nitrogen and oxygen atoms in total. The van der Waals surface area contributed by atoms with E-state index in [2.05, 4.69) is 42.9 Å². The second kappa shape index (κ2) is 6.61. The molecule has 12 heavy (non-hydrogen) atoms. The SMILES string of the molecule is CC.Cc1cnc(CBr)c(Br)c1. The summed E-state index contributed by atoms with van der Waals surface area (Å²) in [7, 11) is 0. The molecule has 1 heterocycles. The van der Waals surface area contributed by atoms with Crippen molar-refractivity contribution >= 4 is 31.9 Å². The molecule has 0 unspecified atom stereocenters. The Bertz CT molecular complexity index is 236. The van der Waals surface area contributed by atoms with Gasteiger partial charge in [-0.05, 0) is 34.5 Å². The smallest absolute Gasteiger partial charge is 0.0651 e. The summed E-state index contributed by atoms with van der Waals surface area (Å²) in [6.07, 6.45) is 1.86. The van der Waals surface area contributed by atoms with Crippen LogP contribution in [0.2, 0.25) is 0 Å². The van der Waals surface area contributed by atoms with Crippen molar-refractivity contribution < 1.29 is 0 Å². The molecule has 68 valence electrons. The second-order valence-electron chi connectivity index (χ2n) is 2.07. The van der Waals surface area contributed by atoms with Crippen molar-refractivity contribution in [1.82, 2.24) is 4.98 Å². The number of aromatic nitrogens is 1. The maximum atomic E-state index is 4.20. The third kappa shape index (κ3) is 3.68. The minimum absolute atomic E-state index is 0.799. The normalized spacial score (nSPS) is 8.75. The van der Waals surface area contributed by atoms with Crippen molar-refractivity contribution in [3.8, 4) is 0 Å². The Balaban J connectivity index is 0.000000561. The minimum Gasteiger partial charge on any atom is -0.259 e. The fraction of sp³-hybridized carbons (Fsp3) is 0.444. The largest absolute Gasteiger partial charge is 0.259 e. The van der Waals surface area contributed by atoms with Crippen LogP contribution in [0.4, 0.5) is 0 Å². The molecule has 0 fully saturated rings. The number of pyridine rings is 1. The van der Waals surface area contributed by atoms with Crippen LogP contribution in [0.3, 0.4) is 0 Å². The van der Waals surface area contributed by atoms with Crippen molar-refractivity contribution in [1.29, 1.82) is 0 Å². The summed E-state index contributed by atoms with van der Waals surface area (Å²) in [6, 6.07) is 2.06. The van der Waals surface area contributed by atoms with Gasteiger partial charge in [0.1, 0.15) is 0 Å². The van der Waals surface area contributed by atoms with Gasteiger partial charge in [0, 0.05) is 16.0 Å². The van der Waals surface area contributed by atoms with Crippen LogP contribution in [-0.4, -0.2) is 4.98 Å². The van der Waals surface area contributed by atoms with E-state index in [1.165, 1.54) is 5.56 Å². The number of aryl methyl sites for hydroxylation is 1. The highest BCUT2D eigenvalue weighted by Crippen LogP contribution is 2.17. The second-order valence-corrected chi connectivity index (χ2v) is 3.49. The average Bonchev–Trinajstić information content (AvgIpc) is 2.08. The van der Waals surface area contributed by atoms with Gasteiger partial charge in [0.25, 0.3) is 0 Å². The number of nitrogens with zero attached hydrogens (tertiary/aromatic N) is 1. The molecule has 0 bridgehead atoms. The average molecular weight is 295 g/mol. The minimum atomic E-state index is 0.799. The van der Waals surface area contributed by atoms with E-state index in [1.54, 1.807) is 0 Å². The van der Waals surface area contributed by atoms with E-state index in [-0.39, 0.29) is 0 Å². The Hall–Kier alpha value is 0.110. The number of halogens is 2. The molecule has 0 aliphatic heterocycles. The highest BCUT2D eigenvalue weighted by atomic mass is 79.9. The van der Waals surface area contributed by atoms with Crippen LogP contribution in [0, 0.1) is 6.92 Å². The lowest BCUT2D eigenvalue weighted by Crippen LogP contribution is -1.86. The van der Waals surface area contributed by atoms with Crippen molar-refractivity contribution in [2.24, 2.45) is 0 Å². The molecule has 0 saturated heterocycles. The highest BCUT2D eigenvalue weighted by Gasteiger charge is 1.97. The van der Waals surface area contributed by atoms with Gasteiger partial charge in [-0.3, -0.25) is 4.98 Å². The number of alkyl halides is 1. The summed E-state index contributed by atoms with van der Waals surface area (Å²) in [5.41, 5.74) is 2.22. The lowest BCUT2D eigenvalue weighted by molar-refractivity contribution is 1.14. The Labute approximate surface area is 90.9 Å². The third-order valence-corrected chi connectivity index (χ3v) is 2.40. The van der Waals surface area contributed by atoms with Gasteiger partial charge in [-0.2, -0.15) is 0 Å². The van der Waals surface area contributed by atoms with Crippen LogP contribution >= 0.6 is 31.9 Å². The molecule has 1 aromatic rings. The lowest BCUT2D eigenvalue weighted by atomic mass is 10.3. The predicted octanol–water partition coefficient (Wildman–Crippen LogP) is 4.07. The first kappa shape index (κ1) is 12.1. The van der Waals surface area contributed by atoms with Crippen molar-refractivity contribution in [2.45, 2.75) is 26.1 Å². The van der Waals surface area contributed by atoms with E-state index in [1.807, 2.05) is 27.0 Å². The maximum absolute atomic E-state index is 4.20. The standard InChI is InChI=1S/C7H7Br2N.C2H6/c1-5-2-6(9)7(3-8)10-4-5;1-2/h2,4H,3H2,1H3;1-2H3. The van der Waals surface area contributed by atoms with Gasteiger partial charge in [-0.1, -0.05) is 29.8 Å². The zero-order chi connectivity index (χ0) is 9.56. The molecule has 0 aliphatic rings. The third-order valence-electron chi connectivity index (χ3n) is 1.18. The molecule has 0 aliphatic carbocycles. The van der Waals surface area contributed by atoms with E-state index < -0.39 is 0 Å². The van der Waals surface area contributed by atoms with Gasteiger partial charge >= 0.3 is 0 Å². The van der Waals surface area contributed by atoms with E-state index in [4.69, 9.17) is 0 Å². The molecule has 1 rings (SSSR count). The summed E-state index contributed by atoms with van der Waals surface area (Å²) in [4.78, 5) is 4.20. The first-order valence-corrected chi connectivity index (χ1v) is 5.82. The van der Waals surface area contributed by atoms with Crippen LogP contribution in [0.5, 0.6) is 0 Å². The molecule has 0 radical (unpaired) electrons. The lowest BCUT2D eigenvalue weighted by Gasteiger charge is -1.98. The van der Waals surface area contributed by atoms with Crippen LogP contribution in [0.15, 0.2) is 16.7 Å². The number of hydrogen-bond donors (Lipinski definition) is 0. The van der Waals surface area contributed by atoms with Crippen molar-refractivity contribution in [2.75, 3.05) is 0 Å². The quantitative estimate of drug-likeness (QED) is 0.712. The maximum Gasteiger partial charge on any atom is 0.0651 e. The Kier molecular flexibility index (Phi) is 6.67. The van der Waals surface area contributed by atoms with Crippen LogP contribution in [0.1, 0.15) is 25.1 Å². The van der Waals surface area contributed by atoms with Crippen molar-refractivity contribution in [3.05, 3.63) is 28.0 Å². The summed E-state index contributed by atoms with van der Waals surface area (Å²) in [5, 5.41) is 0.799. The summed E-state index contributed by atoms with van der Waals surface area (Å²) in [5.74, 6) is 0. The fourth-order valence-electron chi connectivity index (χ4n) is 0.660. The summed E-state index contributed by atoms with van der Waals surface area (Å²) >= 11 is 6.76. The zero-order valence-corrected chi connectivity index (χ0v) is 10.7. The van der Waals surface area contributed by atoms with Crippen LogP contribution in [0.25, 0.3) is 0 Å². The molecule has 1 aromatic heterocycles. The highest BCUT2D eigenvalue weighted by molar-refractivity contribution is 9.10. The van der Waals surface area contributed by atoms with Gasteiger partial charge in [-0.25, -0.2) is 0 Å². The van der Waals surface area contributed by atoms with Gasteiger partial charge in [0.2, 0.25) is 0 Å². The Morgan fingerprint density at radius 3 is 2.42 bits per heavy atom. The van der Waals surface area contributed by atoms with Gasteiger partial charge in [0.05, 0.1) is 5.69 Å². The summed E-state index contributed by atoms with van der Waals surface area (Å²) < 4.78 is 1.07. The van der Waals surface area contributed by atoms with Gasteiger partial charge in [-0.15, -0.1) is 0 Å². The van der Waals surface area contributed by atoms with E-state index >= 15 is 0 Å². The number of rotatable bonds is 1. The molecule has 0 amide bonds. The van der Waals surface area contributed by atoms with Crippen LogP contribution < -0.4 is 0 Å². The molecular formula is C9H13Br2N. The zero-order valence-electron chi connectivity index (χ0n) is 7.56. The molecular weight excluding hydrogens is 282 g/mol. The van der Waals surface area contributed by atoms with E-state index in [9.17, 15) is 0 Å². The topological polar surface area (TPSA) is 12.9 Å². The molecule has 0 aromatic carbocycles. The van der Waals surface area contributed by atoms with Gasteiger partial charge < -0.3 is 0 Å². The molecule has 0 spiro atoms. The van der Waals surface area contributed by atoms with E-state index in [0.29, 0.717) is 0 Å². The van der Waals surface area contributed by atoms with Crippen molar-refractivity contribution in [3.63, 3.8) is 0 Å². The fourth-order valence-corrected chi connectivity index (χ4v) is 2.09. The summed E-state index contributed by atoms with van der Waals surface area (Å²) in [6.45, 7) is 6.02. The molecule has 0 atom stereocenters. The molecule has 3 heteroatoms. The first-order chi connectivity index (χ1) is 5.74. The Morgan fingerprint density at radius 1 is 1.42 bits per heavy atom. The van der Waals surface area contributed by atoms with Gasteiger partial charge in [0.15, 0.2) is 0 Å². The van der Waals surface area contributed by atoms with Crippen LogP contribution in [-0.2, 0) is 5.33 Å². The molecule has 0 saturated carbocycles. The van der Waals surface area contributed by atoms with E-state index in [0.717, 1.165) is 15.5 Å². The number of hydrogen-bond acceptors (Lipinski definition) is 1. The monoisotopic (exact) mass is 293 g/mol. The molecule has 0 N–H and O–H groups in total.